The van der Waals surface area contributed by atoms with E-state index in [1.807, 2.05) is 60.7 Å². The Balaban J connectivity index is 1.13. The molecule has 50 heavy (non-hydrogen) atoms. The van der Waals surface area contributed by atoms with Crippen LogP contribution in [-0.4, -0.2) is 78.9 Å². The Kier molecular flexibility index (Phi) is 11.0. The van der Waals surface area contributed by atoms with Gasteiger partial charge in [-0.15, -0.1) is 0 Å². The van der Waals surface area contributed by atoms with Gasteiger partial charge < -0.3 is 34.3 Å². The van der Waals surface area contributed by atoms with Gasteiger partial charge in [-0.25, -0.2) is 0 Å². The molecule has 0 aliphatic carbocycles. The minimum absolute atomic E-state index is 0.0509. The van der Waals surface area contributed by atoms with E-state index < -0.39 is 30.3 Å². The van der Waals surface area contributed by atoms with Crippen LogP contribution in [0.2, 0.25) is 0 Å². The van der Waals surface area contributed by atoms with Gasteiger partial charge in [-0.2, -0.15) is 13.2 Å². The van der Waals surface area contributed by atoms with Crippen molar-refractivity contribution in [2.45, 2.75) is 76.1 Å². The Hall–Kier alpha value is -4.17. The molecule has 2 amide bonds. The number of nitrogens with one attached hydrogen (secondary N) is 1. The second kappa shape index (κ2) is 15.4. The highest BCUT2D eigenvalue weighted by Gasteiger charge is 2.47. The van der Waals surface area contributed by atoms with Gasteiger partial charge in [0.2, 0.25) is 5.91 Å². The molecule has 0 saturated carbocycles. The molecule has 3 heterocycles. The third-order valence-electron chi connectivity index (χ3n) is 9.65. The van der Waals surface area contributed by atoms with E-state index in [2.05, 4.69) is 10.2 Å². The summed E-state index contributed by atoms with van der Waals surface area (Å²) >= 11 is 0. The lowest BCUT2D eigenvalue weighted by atomic mass is 9.97. The number of carbonyl (C=O) groups excluding carboxylic acids is 2. The number of alkyl halides is 3. The third kappa shape index (κ3) is 8.07. The highest BCUT2D eigenvalue weighted by molar-refractivity contribution is 5.90. The SMILES string of the molecule is COc1cc2c(cc1OC)CN(CC1CC(c3ccc(CO)cc3)OC(c3ccc(CNC(=O)C4CCCN4C(=O)C(F)(F)F)cc3)O1)CC2. The van der Waals surface area contributed by atoms with Crippen LogP contribution in [0.3, 0.4) is 0 Å². The predicted molar refractivity (Wildman–Crippen MR) is 176 cm³/mol. The minimum Gasteiger partial charge on any atom is -0.493 e. The molecule has 0 radical (unpaired) electrons. The summed E-state index contributed by atoms with van der Waals surface area (Å²) in [7, 11) is 3.27. The lowest BCUT2D eigenvalue weighted by Crippen LogP contribution is -2.50. The van der Waals surface area contributed by atoms with E-state index in [4.69, 9.17) is 18.9 Å². The minimum atomic E-state index is -5.02. The lowest BCUT2D eigenvalue weighted by molar-refractivity contribution is -0.253. The van der Waals surface area contributed by atoms with Gasteiger partial charge in [0.15, 0.2) is 17.8 Å². The average Bonchev–Trinajstić information content (AvgIpc) is 3.62. The fourth-order valence-electron chi connectivity index (χ4n) is 6.96. The number of likely N-dealkylation sites (tertiary alicyclic amines) is 1. The van der Waals surface area contributed by atoms with Crippen molar-refractivity contribution >= 4 is 11.8 Å². The summed E-state index contributed by atoms with van der Waals surface area (Å²) in [6.45, 7) is 2.21. The number of amides is 2. The van der Waals surface area contributed by atoms with E-state index in [0.29, 0.717) is 30.0 Å². The van der Waals surface area contributed by atoms with Crippen molar-refractivity contribution in [1.29, 1.82) is 0 Å². The zero-order chi connectivity index (χ0) is 35.4. The molecule has 4 atom stereocenters. The Morgan fingerprint density at radius 3 is 2.24 bits per heavy atom. The fourth-order valence-corrected chi connectivity index (χ4v) is 6.96. The first-order valence-electron chi connectivity index (χ1n) is 16.8. The molecule has 268 valence electrons. The van der Waals surface area contributed by atoms with Crippen molar-refractivity contribution in [3.05, 3.63) is 94.0 Å². The smallest absolute Gasteiger partial charge is 0.471 e. The quantitative estimate of drug-likeness (QED) is 0.306. The Morgan fingerprint density at radius 1 is 0.920 bits per heavy atom. The summed E-state index contributed by atoms with van der Waals surface area (Å²) in [6, 6.07) is 18.0. The molecule has 0 spiro atoms. The van der Waals surface area contributed by atoms with Crippen LogP contribution in [0, 0.1) is 0 Å². The molecule has 13 heteroatoms. The van der Waals surface area contributed by atoms with E-state index in [-0.39, 0.29) is 38.3 Å². The fraction of sp³-hybridized carbons (Fsp3) is 0.459. The number of aliphatic hydroxyl groups excluding tert-OH is 1. The molecule has 3 aromatic rings. The van der Waals surface area contributed by atoms with Crippen molar-refractivity contribution in [3.8, 4) is 11.5 Å². The number of nitrogens with zero attached hydrogens (tertiary/aromatic N) is 2. The summed E-state index contributed by atoms with van der Waals surface area (Å²) in [5, 5.41) is 12.2. The van der Waals surface area contributed by atoms with E-state index in [0.717, 1.165) is 47.5 Å². The first-order valence-corrected chi connectivity index (χ1v) is 16.8. The molecular weight excluding hydrogens is 655 g/mol. The summed E-state index contributed by atoms with van der Waals surface area (Å²) in [5.74, 6) is -1.18. The van der Waals surface area contributed by atoms with Crippen LogP contribution in [0.25, 0.3) is 0 Å². The first kappa shape index (κ1) is 35.6. The number of hydrogen-bond donors (Lipinski definition) is 2. The molecule has 6 rings (SSSR count). The number of methoxy groups -OCH3 is 2. The summed E-state index contributed by atoms with van der Waals surface area (Å²) in [4.78, 5) is 27.5. The van der Waals surface area contributed by atoms with Gasteiger partial charge in [-0.3, -0.25) is 14.5 Å². The van der Waals surface area contributed by atoms with Crippen LogP contribution in [0.4, 0.5) is 13.2 Å². The molecule has 3 aromatic carbocycles. The number of benzene rings is 3. The lowest BCUT2D eigenvalue weighted by Gasteiger charge is -2.39. The summed E-state index contributed by atoms with van der Waals surface area (Å²) < 4.78 is 63.1. The Bertz CT molecular complexity index is 1650. The summed E-state index contributed by atoms with van der Waals surface area (Å²) in [6.07, 6.45) is -4.12. The molecule has 10 nitrogen and oxygen atoms in total. The third-order valence-corrected chi connectivity index (χ3v) is 9.65. The molecule has 3 aliphatic rings. The highest BCUT2D eigenvalue weighted by atomic mass is 19.4. The van der Waals surface area contributed by atoms with E-state index >= 15 is 0 Å². The molecule has 2 fully saturated rings. The van der Waals surface area contributed by atoms with Crippen LogP contribution < -0.4 is 14.8 Å². The number of rotatable bonds is 10. The van der Waals surface area contributed by atoms with Crippen molar-refractivity contribution in [2.75, 3.05) is 33.9 Å². The van der Waals surface area contributed by atoms with Crippen LogP contribution in [0.5, 0.6) is 11.5 Å². The molecular formula is C37H42F3N3O7. The topological polar surface area (TPSA) is 110 Å². The first-order chi connectivity index (χ1) is 24.1. The van der Waals surface area contributed by atoms with Gasteiger partial charge in [0, 0.05) is 44.7 Å². The molecule has 0 bridgehead atoms. The Labute approximate surface area is 289 Å². The zero-order valence-electron chi connectivity index (χ0n) is 28.1. The summed E-state index contributed by atoms with van der Waals surface area (Å²) in [5.41, 5.74) is 5.72. The second-order valence-corrected chi connectivity index (χ2v) is 12.9. The molecule has 2 N–H and O–H groups in total. The second-order valence-electron chi connectivity index (χ2n) is 12.9. The molecule has 3 aliphatic heterocycles. The number of fused-ring (bicyclic) bond motifs is 1. The van der Waals surface area contributed by atoms with Crippen LogP contribution in [-0.2, 0) is 45.2 Å². The largest absolute Gasteiger partial charge is 0.493 e. The van der Waals surface area contributed by atoms with Crippen molar-refractivity contribution in [1.82, 2.24) is 15.1 Å². The zero-order valence-corrected chi connectivity index (χ0v) is 28.1. The number of halogens is 3. The van der Waals surface area contributed by atoms with E-state index in [1.54, 1.807) is 14.2 Å². The maximum absolute atomic E-state index is 13.0. The standard InChI is InChI=1S/C37H42F3N3O7/c1-47-32-16-27-13-15-42(20-28(27)17-33(32)48-2)21-29-18-31(25-9-7-24(22-44)8-10-25)50-35(49-29)26-11-5-23(6-12-26)19-41-34(45)30-4-3-14-43(30)36(46)37(38,39)40/h5-12,16-17,29-31,35,44H,3-4,13-15,18-22H2,1-2H3,(H,41,45). The van der Waals surface area contributed by atoms with Crippen molar-refractivity contribution in [3.63, 3.8) is 0 Å². The van der Waals surface area contributed by atoms with Gasteiger partial charge in [-0.1, -0.05) is 48.5 Å². The monoisotopic (exact) mass is 697 g/mol. The van der Waals surface area contributed by atoms with Crippen LogP contribution in [0.15, 0.2) is 60.7 Å². The van der Waals surface area contributed by atoms with Crippen LogP contribution in [0.1, 0.15) is 65.0 Å². The predicted octanol–water partition coefficient (Wildman–Crippen LogP) is 4.97. The number of aliphatic hydroxyl groups is 1. The normalized spacial score (nSPS) is 22.6. The van der Waals surface area contributed by atoms with Crippen molar-refractivity contribution < 1.29 is 46.8 Å². The van der Waals surface area contributed by atoms with Gasteiger partial charge in [0.05, 0.1) is 33.0 Å². The van der Waals surface area contributed by atoms with Gasteiger partial charge in [-0.05, 0) is 59.2 Å². The highest BCUT2D eigenvalue weighted by Crippen LogP contribution is 2.39. The van der Waals surface area contributed by atoms with Crippen LogP contribution >= 0.6 is 0 Å². The average molecular weight is 698 g/mol. The van der Waals surface area contributed by atoms with Gasteiger partial charge in [0.1, 0.15) is 6.04 Å². The molecule has 2 saturated heterocycles. The maximum atomic E-state index is 13.0. The van der Waals surface area contributed by atoms with E-state index in [1.165, 1.54) is 11.1 Å². The van der Waals surface area contributed by atoms with Gasteiger partial charge in [0.25, 0.3) is 0 Å². The van der Waals surface area contributed by atoms with Crippen molar-refractivity contribution in [2.24, 2.45) is 0 Å². The number of hydrogen-bond acceptors (Lipinski definition) is 8. The van der Waals surface area contributed by atoms with Gasteiger partial charge >= 0.3 is 12.1 Å². The Morgan fingerprint density at radius 2 is 1.58 bits per heavy atom. The van der Waals surface area contributed by atoms with E-state index in [9.17, 15) is 27.9 Å². The number of ether oxygens (including phenoxy) is 4. The molecule has 0 aromatic heterocycles. The molecule has 4 unspecified atom stereocenters. The number of carbonyl (C=O) groups is 2. The maximum Gasteiger partial charge on any atom is 0.471 e.